The number of aryl methyl sites for hydroxylation is 1. The first-order valence-electron chi connectivity index (χ1n) is 6.17. The molecule has 0 saturated heterocycles. The lowest BCUT2D eigenvalue weighted by molar-refractivity contribution is 0.271. The number of benzene rings is 1. The highest BCUT2D eigenvalue weighted by Crippen LogP contribution is 2.14. The summed E-state index contributed by atoms with van der Waals surface area (Å²) in [5.74, 6) is 0. The van der Waals surface area contributed by atoms with Gasteiger partial charge in [-0.15, -0.1) is 0 Å². The topological polar surface area (TPSA) is 15.3 Å². The number of hydrogen-bond acceptors (Lipinski definition) is 2. The lowest BCUT2D eigenvalue weighted by Gasteiger charge is -2.25. The normalized spacial score (nSPS) is 13.1. The number of nitrogens with zero attached hydrogens (tertiary/aromatic N) is 1. The molecular formula is C14H24N2. The summed E-state index contributed by atoms with van der Waals surface area (Å²) in [5.41, 5.74) is 2.70. The molecule has 0 aromatic heterocycles. The summed E-state index contributed by atoms with van der Waals surface area (Å²) in [5, 5.41) is 3.40. The van der Waals surface area contributed by atoms with Gasteiger partial charge in [0.15, 0.2) is 0 Å². The molecule has 0 aliphatic rings. The van der Waals surface area contributed by atoms with E-state index < -0.39 is 0 Å². The molecule has 1 atom stereocenters. The average molecular weight is 220 g/mol. The Balaban J connectivity index is 2.70. The van der Waals surface area contributed by atoms with Crippen LogP contribution < -0.4 is 5.32 Å². The van der Waals surface area contributed by atoms with E-state index in [1.807, 2.05) is 7.05 Å². The average Bonchev–Trinajstić information content (AvgIpc) is 2.32. The quantitative estimate of drug-likeness (QED) is 0.792. The van der Waals surface area contributed by atoms with Crippen LogP contribution in [0, 0.1) is 6.92 Å². The van der Waals surface area contributed by atoms with Crippen molar-refractivity contribution in [3.05, 3.63) is 35.4 Å². The molecule has 2 heteroatoms. The zero-order valence-corrected chi connectivity index (χ0v) is 11.0. The van der Waals surface area contributed by atoms with Crippen LogP contribution in [0.2, 0.25) is 0 Å². The van der Waals surface area contributed by atoms with Crippen molar-refractivity contribution in [3.63, 3.8) is 0 Å². The van der Waals surface area contributed by atoms with Crippen molar-refractivity contribution < 1.29 is 0 Å². The van der Waals surface area contributed by atoms with Crippen LogP contribution in [-0.4, -0.2) is 31.6 Å². The van der Waals surface area contributed by atoms with E-state index in [1.165, 1.54) is 11.1 Å². The summed E-state index contributed by atoms with van der Waals surface area (Å²) in [6.45, 7) is 9.85. The van der Waals surface area contributed by atoms with Crippen LogP contribution in [-0.2, 0) is 0 Å². The van der Waals surface area contributed by atoms with Crippen molar-refractivity contribution >= 4 is 0 Å². The van der Waals surface area contributed by atoms with E-state index in [1.54, 1.807) is 0 Å². The van der Waals surface area contributed by atoms with E-state index in [-0.39, 0.29) is 0 Å². The summed E-state index contributed by atoms with van der Waals surface area (Å²) >= 11 is 0. The van der Waals surface area contributed by atoms with Gasteiger partial charge in [-0.25, -0.2) is 0 Å². The molecule has 1 rings (SSSR count). The van der Waals surface area contributed by atoms with Crippen molar-refractivity contribution in [1.82, 2.24) is 10.2 Å². The van der Waals surface area contributed by atoms with Crippen LogP contribution in [0.4, 0.5) is 0 Å². The molecule has 0 aliphatic heterocycles. The lowest BCUT2D eigenvalue weighted by Crippen LogP contribution is -2.33. The Bertz CT molecular complexity index is 288. The fourth-order valence-corrected chi connectivity index (χ4v) is 1.90. The minimum Gasteiger partial charge on any atom is -0.312 e. The second kappa shape index (κ2) is 6.66. The number of nitrogens with one attached hydrogen (secondary N) is 1. The summed E-state index contributed by atoms with van der Waals surface area (Å²) in [7, 11) is 2.04. The van der Waals surface area contributed by atoms with Crippen molar-refractivity contribution in [2.24, 2.45) is 0 Å². The van der Waals surface area contributed by atoms with Crippen LogP contribution in [0.15, 0.2) is 24.3 Å². The Morgan fingerprint density at radius 1 is 1.12 bits per heavy atom. The first-order chi connectivity index (χ1) is 7.71. The third kappa shape index (κ3) is 3.62. The van der Waals surface area contributed by atoms with Gasteiger partial charge in [-0.3, -0.25) is 0 Å². The van der Waals surface area contributed by atoms with E-state index in [9.17, 15) is 0 Å². The van der Waals surface area contributed by atoms with Crippen LogP contribution in [0.1, 0.15) is 31.0 Å². The Labute approximate surface area is 99.7 Å². The lowest BCUT2D eigenvalue weighted by atomic mass is 10.0. The molecule has 1 unspecified atom stereocenters. The minimum absolute atomic E-state index is 0.431. The van der Waals surface area contributed by atoms with Gasteiger partial charge in [-0.05, 0) is 32.6 Å². The van der Waals surface area contributed by atoms with Gasteiger partial charge in [0.05, 0.1) is 0 Å². The molecule has 0 fully saturated rings. The molecule has 16 heavy (non-hydrogen) atoms. The minimum atomic E-state index is 0.431. The molecule has 0 spiro atoms. The molecule has 1 aromatic rings. The molecular weight excluding hydrogens is 196 g/mol. The zero-order chi connectivity index (χ0) is 12.0. The Morgan fingerprint density at radius 3 is 2.12 bits per heavy atom. The Kier molecular flexibility index (Phi) is 5.50. The molecule has 90 valence electrons. The maximum Gasteiger partial charge on any atom is 0.0446 e. The highest BCUT2D eigenvalue weighted by Gasteiger charge is 2.11. The van der Waals surface area contributed by atoms with E-state index in [4.69, 9.17) is 0 Å². The maximum atomic E-state index is 3.40. The Morgan fingerprint density at radius 2 is 1.69 bits per heavy atom. The predicted octanol–water partition coefficient (Wildman–Crippen LogP) is 2.60. The summed E-state index contributed by atoms with van der Waals surface area (Å²) < 4.78 is 0. The fraction of sp³-hybridized carbons (Fsp3) is 0.571. The smallest absolute Gasteiger partial charge is 0.0446 e. The first kappa shape index (κ1) is 13.2. The zero-order valence-electron chi connectivity index (χ0n) is 11.0. The van der Waals surface area contributed by atoms with Crippen molar-refractivity contribution in [2.75, 3.05) is 26.7 Å². The van der Waals surface area contributed by atoms with Crippen LogP contribution in [0.25, 0.3) is 0 Å². The van der Waals surface area contributed by atoms with Gasteiger partial charge < -0.3 is 10.2 Å². The maximum absolute atomic E-state index is 3.40. The number of rotatable bonds is 6. The summed E-state index contributed by atoms with van der Waals surface area (Å²) in [6.07, 6.45) is 0. The second-order valence-electron chi connectivity index (χ2n) is 4.24. The summed E-state index contributed by atoms with van der Waals surface area (Å²) in [6, 6.07) is 9.24. The third-order valence-electron chi connectivity index (χ3n) is 3.16. The van der Waals surface area contributed by atoms with E-state index in [0.717, 1.165) is 19.6 Å². The van der Waals surface area contributed by atoms with Gasteiger partial charge in [0.2, 0.25) is 0 Å². The molecule has 0 aliphatic carbocycles. The summed E-state index contributed by atoms with van der Waals surface area (Å²) in [4.78, 5) is 2.45. The van der Waals surface area contributed by atoms with Crippen LogP contribution in [0.3, 0.4) is 0 Å². The number of hydrogen-bond donors (Lipinski definition) is 1. The van der Waals surface area contributed by atoms with E-state index in [0.29, 0.717) is 6.04 Å². The largest absolute Gasteiger partial charge is 0.312 e. The molecule has 0 saturated carbocycles. The van der Waals surface area contributed by atoms with Crippen LogP contribution in [0.5, 0.6) is 0 Å². The first-order valence-corrected chi connectivity index (χ1v) is 6.17. The van der Waals surface area contributed by atoms with Gasteiger partial charge >= 0.3 is 0 Å². The number of likely N-dealkylation sites (N-methyl/N-ethyl adjacent to an activating group) is 2. The molecule has 1 aromatic carbocycles. The molecule has 0 bridgehead atoms. The van der Waals surface area contributed by atoms with Gasteiger partial charge in [-0.1, -0.05) is 43.7 Å². The van der Waals surface area contributed by atoms with Gasteiger partial charge in [0.25, 0.3) is 0 Å². The Hall–Kier alpha value is -0.860. The highest BCUT2D eigenvalue weighted by atomic mass is 15.1. The fourth-order valence-electron chi connectivity index (χ4n) is 1.90. The SMILES string of the molecule is CCN(CC)CC(NC)c1ccc(C)cc1. The molecule has 0 amide bonds. The van der Waals surface area contributed by atoms with Gasteiger partial charge in [0, 0.05) is 12.6 Å². The second-order valence-corrected chi connectivity index (χ2v) is 4.24. The molecule has 0 heterocycles. The molecule has 1 N–H and O–H groups in total. The van der Waals surface area contributed by atoms with Gasteiger partial charge in [0.1, 0.15) is 0 Å². The standard InChI is InChI=1S/C14H24N2/c1-5-16(6-2)11-14(15-4)13-9-7-12(3)8-10-13/h7-10,14-15H,5-6,11H2,1-4H3. The van der Waals surface area contributed by atoms with E-state index in [2.05, 4.69) is 55.3 Å². The van der Waals surface area contributed by atoms with E-state index >= 15 is 0 Å². The van der Waals surface area contributed by atoms with Crippen molar-refractivity contribution in [3.8, 4) is 0 Å². The molecule has 0 radical (unpaired) electrons. The van der Waals surface area contributed by atoms with Crippen molar-refractivity contribution in [1.29, 1.82) is 0 Å². The van der Waals surface area contributed by atoms with Crippen molar-refractivity contribution in [2.45, 2.75) is 26.8 Å². The monoisotopic (exact) mass is 220 g/mol. The third-order valence-corrected chi connectivity index (χ3v) is 3.16. The molecule has 2 nitrogen and oxygen atoms in total. The van der Waals surface area contributed by atoms with Crippen LogP contribution >= 0.6 is 0 Å². The van der Waals surface area contributed by atoms with Gasteiger partial charge in [-0.2, -0.15) is 0 Å². The highest BCUT2D eigenvalue weighted by molar-refractivity contribution is 5.24. The predicted molar refractivity (Wildman–Crippen MR) is 70.8 cm³/mol.